The van der Waals surface area contributed by atoms with Gasteiger partial charge in [-0.2, -0.15) is 0 Å². The number of nitrogens with one attached hydrogen (secondary N) is 2. The van der Waals surface area contributed by atoms with Crippen molar-refractivity contribution in [2.24, 2.45) is 5.92 Å². The molecule has 0 radical (unpaired) electrons. The fourth-order valence-corrected chi connectivity index (χ4v) is 2.67. The predicted molar refractivity (Wildman–Crippen MR) is 93.7 cm³/mol. The summed E-state index contributed by atoms with van der Waals surface area (Å²) in [5.74, 6) is 1.86. The van der Waals surface area contributed by atoms with Gasteiger partial charge in [-0.05, 0) is 50.4 Å². The molecule has 23 heavy (non-hydrogen) atoms. The largest absolute Gasteiger partial charge is 0.493 e. The third kappa shape index (κ3) is 5.92. The first-order chi connectivity index (χ1) is 10.7. The highest BCUT2D eigenvalue weighted by Gasteiger charge is 2.21. The summed E-state index contributed by atoms with van der Waals surface area (Å²) < 4.78 is 10.9. The summed E-state index contributed by atoms with van der Waals surface area (Å²) in [7, 11) is 1.64. The summed E-state index contributed by atoms with van der Waals surface area (Å²) >= 11 is 0. The monoisotopic (exact) mass is 342 g/mol. The molecule has 1 fully saturated rings. The number of carbonyl (C=O) groups excluding carboxylic acids is 1. The standard InChI is InChI=1S/C17H26N2O3.ClH/c1-3-22-16-11-13(6-7-15(16)21-2)5-4-9-19-17(20)14-8-10-18-12-14;/h6-7,11,14,18H,3-5,8-10,12H2,1-2H3,(H,19,20);1H. The molecule has 5 nitrogen and oxygen atoms in total. The molecule has 0 bridgehead atoms. The van der Waals surface area contributed by atoms with Crippen molar-refractivity contribution in [3.63, 3.8) is 0 Å². The average Bonchev–Trinajstić information content (AvgIpc) is 3.06. The third-order valence-corrected chi connectivity index (χ3v) is 3.90. The third-order valence-electron chi connectivity index (χ3n) is 3.90. The van der Waals surface area contributed by atoms with Gasteiger partial charge in [-0.15, -0.1) is 12.4 Å². The van der Waals surface area contributed by atoms with Gasteiger partial charge in [0.1, 0.15) is 0 Å². The van der Waals surface area contributed by atoms with Crippen molar-refractivity contribution in [1.82, 2.24) is 10.6 Å². The predicted octanol–water partition coefficient (Wildman–Crippen LogP) is 2.17. The van der Waals surface area contributed by atoms with E-state index >= 15 is 0 Å². The van der Waals surface area contributed by atoms with E-state index in [2.05, 4.69) is 10.6 Å². The second-order valence-corrected chi connectivity index (χ2v) is 5.50. The Bertz CT molecular complexity index is 491. The van der Waals surface area contributed by atoms with Crippen LogP contribution < -0.4 is 20.1 Å². The van der Waals surface area contributed by atoms with Gasteiger partial charge < -0.3 is 20.1 Å². The van der Waals surface area contributed by atoms with Gasteiger partial charge in [0.25, 0.3) is 0 Å². The Morgan fingerprint density at radius 1 is 1.39 bits per heavy atom. The van der Waals surface area contributed by atoms with E-state index in [1.807, 2.05) is 25.1 Å². The maximum absolute atomic E-state index is 11.9. The molecule has 6 heteroatoms. The molecule has 0 spiro atoms. The van der Waals surface area contributed by atoms with E-state index in [0.29, 0.717) is 13.2 Å². The van der Waals surface area contributed by atoms with E-state index in [1.165, 1.54) is 5.56 Å². The molecule has 0 saturated carbocycles. The smallest absolute Gasteiger partial charge is 0.224 e. The van der Waals surface area contributed by atoms with Crippen molar-refractivity contribution >= 4 is 18.3 Å². The van der Waals surface area contributed by atoms with Gasteiger partial charge >= 0.3 is 0 Å². The first kappa shape index (κ1) is 19.6. The summed E-state index contributed by atoms with van der Waals surface area (Å²) in [5, 5.41) is 6.23. The van der Waals surface area contributed by atoms with E-state index in [4.69, 9.17) is 9.47 Å². The lowest BCUT2D eigenvalue weighted by molar-refractivity contribution is -0.124. The van der Waals surface area contributed by atoms with Crippen LogP contribution >= 0.6 is 12.4 Å². The Hall–Kier alpha value is -1.46. The average molecular weight is 343 g/mol. The van der Waals surface area contributed by atoms with Crippen molar-refractivity contribution in [3.05, 3.63) is 23.8 Å². The Balaban J connectivity index is 0.00000264. The quantitative estimate of drug-likeness (QED) is 0.711. The minimum Gasteiger partial charge on any atom is -0.493 e. The second-order valence-electron chi connectivity index (χ2n) is 5.50. The Morgan fingerprint density at radius 2 is 2.22 bits per heavy atom. The van der Waals surface area contributed by atoms with E-state index < -0.39 is 0 Å². The zero-order valence-electron chi connectivity index (χ0n) is 13.9. The lowest BCUT2D eigenvalue weighted by Crippen LogP contribution is -2.32. The highest BCUT2D eigenvalue weighted by atomic mass is 35.5. The number of benzene rings is 1. The second kappa shape index (κ2) is 10.3. The first-order valence-corrected chi connectivity index (χ1v) is 8.02. The van der Waals surface area contributed by atoms with Crippen molar-refractivity contribution in [2.45, 2.75) is 26.2 Å². The number of hydrogen-bond acceptors (Lipinski definition) is 4. The number of amides is 1. The maximum Gasteiger partial charge on any atom is 0.224 e. The Morgan fingerprint density at radius 3 is 2.87 bits per heavy atom. The lowest BCUT2D eigenvalue weighted by Gasteiger charge is -2.12. The minimum atomic E-state index is 0. The number of methoxy groups -OCH3 is 1. The molecular weight excluding hydrogens is 316 g/mol. The van der Waals surface area contributed by atoms with Crippen LogP contribution in [0.15, 0.2) is 18.2 Å². The van der Waals surface area contributed by atoms with Crippen molar-refractivity contribution in [3.8, 4) is 11.5 Å². The molecule has 1 aliphatic heterocycles. The molecule has 1 aliphatic rings. The summed E-state index contributed by atoms with van der Waals surface area (Å²) in [6.45, 7) is 5.04. The normalized spacial score (nSPS) is 16.5. The molecule has 1 aromatic carbocycles. The fourth-order valence-electron chi connectivity index (χ4n) is 2.67. The topological polar surface area (TPSA) is 59.6 Å². The summed E-state index contributed by atoms with van der Waals surface area (Å²) in [4.78, 5) is 11.9. The summed E-state index contributed by atoms with van der Waals surface area (Å²) in [5.41, 5.74) is 1.20. The molecule has 1 heterocycles. The van der Waals surface area contributed by atoms with E-state index in [0.717, 1.165) is 43.9 Å². The van der Waals surface area contributed by atoms with Gasteiger partial charge in [0.2, 0.25) is 5.91 Å². The van der Waals surface area contributed by atoms with Crippen molar-refractivity contribution < 1.29 is 14.3 Å². The highest BCUT2D eigenvalue weighted by Crippen LogP contribution is 2.28. The Labute approximate surface area is 144 Å². The van der Waals surface area contributed by atoms with E-state index in [9.17, 15) is 4.79 Å². The van der Waals surface area contributed by atoms with Crippen LogP contribution in [-0.4, -0.2) is 39.3 Å². The van der Waals surface area contributed by atoms with Crippen molar-refractivity contribution in [2.75, 3.05) is 33.4 Å². The fraction of sp³-hybridized carbons (Fsp3) is 0.588. The van der Waals surface area contributed by atoms with Crippen LogP contribution in [0.3, 0.4) is 0 Å². The lowest BCUT2D eigenvalue weighted by atomic mass is 10.1. The highest BCUT2D eigenvalue weighted by molar-refractivity contribution is 5.85. The number of rotatable bonds is 8. The molecule has 1 atom stereocenters. The molecule has 1 aromatic rings. The van der Waals surface area contributed by atoms with Crippen LogP contribution in [0, 0.1) is 5.92 Å². The van der Waals surface area contributed by atoms with Crippen LogP contribution in [0.25, 0.3) is 0 Å². The molecule has 1 unspecified atom stereocenters. The van der Waals surface area contributed by atoms with Crippen molar-refractivity contribution in [1.29, 1.82) is 0 Å². The SMILES string of the molecule is CCOc1cc(CCCNC(=O)C2CCNC2)ccc1OC.Cl. The molecular formula is C17H27ClN2O3. The zero-order valence-corrected chi connectivity index (χ0v) is 14.7. The van der Waals surface area contributed by atoms with Gasteiger partial charge in [-0.1, -0.05) is 6.07 Å². The van der Waals surface area contributed by atoms with Gasteiger partial charge in [-0.3, -0.25) is 4.79 Å². The minimum absolute atomic E-state index is 0. The van der Waals surface area contributed by atoms with E-state index in [1.54, 1.807) is 7.11 Å². The first-order valence-electron chi connectivity index (χ1n) is 8.02. The molecule has 0 aliphatic carbocycles. The number of carbonyl (C=O) groups is 1. The van der Waals surface area contributed by atoms with Crippen LogP contribution in [0.4, 0.5) is 0 Å². The molecule has 0 aromatic heterocycles. The number of halogens is 1. The summed E-state index contributed by atoms with van der Waals surface area (Å²) in [6, 6.07) is 6.00. The zero-order chi connectivity index (χ0) is 15.8. The van der Waals surface area contributed by atoms with Crippen LogP contribution in [0.2, 0.25) is 0 Å². The van der Waals surface area contributed by atoms with Crippen LogP contribution in [-0.2, 0) is 11.2 Å². The van der Waals surface area contributed by atoms with Gasteiger partial charge in [0.05, 0.1) is 19.6 Å². The van der Waals surface area contributed by atoms with Gasteiger partial charge in [0, 0.05) is 13.1 Å². The van der Waals surface area contributed by atoms with Gasteiger partial charge in [0.15, 0.2) is 11.5 Å². The molecule has 2 rings (SSSR count). The van der Waals surface area contributed by atoms with Gasteiger partial charge in [-0.25, -0.2) is 0 Å². The van der Waals surface area contributed by atoms with E-state index in [-0.39, 0.29) is 24.2 Å². The Kier molecular flexibility index (Phi) is 8.81. The molecule has 130 valence electrons. The van der Waals surface area contributed by atoms with Crippen LogP contribution in [0.1, 0.15) is 25.3 Å². The number of hydrogen-bond donors (Lipinski definition) is 2. The van der Waals surface area contributed by atoms with Crippen LogP contribution in [0.5, 0.6) is 11.5 Å². The summed E-state index contributed by atoms with van der Waals surface area (Å²) in [6.07, 6.45) is 2.78. The molecule has 1 amide bonds. The maximum atomic E-state index is 11.9. The molecule has 1 saturated heterocycles. The number of ether oxygens (including phenoxy) is 2. The molecule has 2 N–H and O–H groups in total. The number of aryl methyl sites for hydroxylation is 1.